The van der Waals surface area contributed by atoms with Crippen LogP contribution in [0.3, 0.4) is 0 Å². The molecule has 0 atom stereocenters. The average Bonchev–Trinajstić information content (AvgIpc) is 2.20. The number of carbonyl (C=O) groups is 1. The lowest BCUT2D eigenvalue weighted by molar-refractivity contribution is 0.256. The van der Waals surface area contributed by atoms with Gasteiger partial charge in [-0.3, -0.25) is 10.7 Å². The highest BCUT2D eigenvalue weighted by Crippen LogP contribution is 2.33. The lowest BCUT2D eigenvalue weighted by Gasteiger charge is -2.13. The summed E-state index contributed by atoms with van der Waals surface area (Å²) in [5.41, 5.74) is 6.27. The number of carbonyl (C=O) groups excluding carboxylic acids is 1. The van der Waals surface area contributed by atoms with Gasteiger partial charge in [0.15, 0.2) is 5.96 Å². The predicted molar refractivity (Wildman–Crippen MR) is 66.8 cm³/mol. The van der Waals surface area contributed by atoms with Gasteiger partial charge in [0.1, 0.15) is 11.4 Å². The van der Waals surface area contributed by atoms with E-state index in [0.717, 1.165) is 5.56 Å². The Morgan fingerprint density at radius 3 is 2.71 bits per heavy atom. The number of methoxy groups -OCH3 is 1. The minimum atomic E-state index is -0.651. The molecule has 0 saturated heterocycles. The minimum absolute atomic E-state index is 0.332. The highest BCUT2D eigenvalue weighted by atomic mass is 35.5. The van der Waals surface area contributed by atoms with Gasteiger partial charge in [0, 0.05) is 0 Å². The summed E-state index contributed by atoms with van der Waals surface area (Å²) in [6.07, 6.45) is 0. The number of urea groups is 1. The fourth-order valence-corrected chi connectivity index (χ4v) is 1.57. The molecule has 0 unspecified atom stereocenters. The smallest absolute Gasteiger partial charge is 0.326 e. The molecule has 5 N–H and O–H groups in total. The van der Waals surface area contributed by atoms with Crippen LogP contribution in [0.2, 0.25) is 5.02 Å². The van der Waals surface area contributed by atoms with Crippen molar-refractivity contribution in [2.75, 3.05) is 12.4 Å². The molecule has 0 aromatic heterocycles. The molecular weight excluding hydrogens is 244 g/mol. The molecule has 0 bridgehead atoms. The number of nitrogens with two attached hydrogens (primary N) is 1. The van der Waals surface area contributed by atoms with Gasteiger partial charge in [0.05, 0.1) is 12.1 Å². The number of guanidine groups is 1. The number of nitrogens with one attached hydrogen (secondary N) is 3. The number of benzene rings is 1. The quantitative estimate of drug-likeness (QED) is 0.478. The molecule has 0 saturated carbocycles. The standard InChI is InChI=1S/C10H13ClN4O2/c1-5-3-6(11)8(7(4-5)17-2)14-10(16)15-9(12)13/h3-4H,1-2H3,(H5,12,13,14,15,16). The van der Waals surface area contributed by atoms with Crippen molar-refractivity contribution in [2.24, 2.45) is 5.73 Å². The number of amides is 2. The molecule has 6 nitrogen and oxygen atoms in total. The lowest BCUT2D eigenvalue weighted by atomic mass is 10.2. The van der Waals surface area contributed by atoms with Crippen molar-refractivity contribution in [3.63, 3.8) is 0 Å². The van der Waals surface area contributed by atoms with Gasteiger partial charge in [-0.05, 0) is 24.6 Å². The van der Waals surface area contributed by atoms with Crippen LogP contribution in [0.25, 0.3) is 0 Å². The third-order valence-electron chi connectivity index (χ3n) is 1.91. The average molecular weight is 257 g/mol. The zero-order valence-corrected chi connectivity index (χ0v) is 10.2. The molecule has 1 aromatic carbocycles. The Balaban J connectivity index is 2.97. The van der Waals surface area contributed by atoms with Crippen LogP contribution < -0.4 is 21.1 Å². The molecular formula is C10H13ClN4O2. The van der Waals surface area contributed by atoms with Crippen molar-refractivity contribution < 1.29 is 9.53 Å². The SMILES string of the molecule is COc1cc(C)cc(Cl)c1NC(=O)NC(=N)N. The van der Waals surface area contributed by atoms with E-state index in [9.17, 15) is 4.79 Å². The molecule has 0 aliphatic carbocycles. The van der Waals surface area contributed by atoms with Crippen LogP contribution in [0.5, 0.6) is 5.75 Å². The van der Waals surface area contributed by atoms with E-state index >= 15 is 0 Å². The molecule has 1 aromatic rings. The van der Waals surface area contributed by atoms with Gasteiger partial charge in [0.2, 0.25) is 0 Å². The summed E-state index contributed by atoms with van der Waals surface area (Å²) in [5.74, 6) is -0.0154. The summed E-state index contributed by atoms with van der Waals surface area (Å²) in [4.78, 5) is 11.4. The Hall–Kier alpha value is -1.95. The maximum atomic E-state index is 11.4. The molecule has 0 spiro atoms. The zero-order chi connectivity index (χ0) is 13.0. The van der Waals surface area contributed by atoms with E-state index in [0.29, 0.717) is 16.5 Å². The zero-order valence-electron chi connectivity index (χ0n) is 9.43. The van der Waals surface area contributed by atoms with Crippen molar-refractivity contribution in [1.82, 2.24) is 5.32 Å². The first-order valence-corrected chi connectivity index (χ1v) is 5.08. The van der Waals surface area contributed by atoms with Gasteiger partial charge in [-0.25, -0.2) is 4.79 Å². The first kappa shape index (κ1) is 13.1. The van der Waals surface area contributed by atoms with Gasteiger partial charge in [0.25, 0.3) is 0 Å². The van der Waals surface area contributed by atoms with E-state index in [1.54, 1.807) is 12.1 Å². The van der Waals surface area contributed by atoms with Crippen LogP contribution in [-0.4, -0.2) is 19.1 Å². The molecule has 1 rings (SSSR count). The normalized spacial score (nSPS) is 9.59. The van der Waals surface area contributed by atoms with Crippen LogP contribution >= 0.6 is 11.6 Å². The first-order valence-electron chi connectivity index (χ1n) is 4.70. The number of hydrogen-bond acceptors (Lipinski definition) is 3. The first-order chi connectivity index (χ1) is 7.93. The van der Waals surface area contributed by atoms with E-state index in [2.05, 4.69) is 10.6 Å². The molecule has 7 heteroatoms. The number of hydrogen-bond donors (Lipinski definition) is 4. The Morgan fingerprint density at radius 1 is 1.53 bits per heavy atom. The topological polar surface area (TPSA) is 100 Å². The van der Waals surface area contributed by atoms with E-state index in [1.165, 1.54) is 7.11 Å². The summed E-state index contributed by atoms with van der Waals surface area (Å²) < 4.78 is 5.10. The highest BCUT2D eigenvalue weighted by molar-refractivity contribution is 6.34. The number of aryl methyl sites for hydroxylation is 1. The summed E-state index contributed by atoms with van der Waals surface area (Å²) in [7, 11) is 1.47. The van der Waals surface area contributed by atoms with Crippen molar-refractivity contribution >= 4 is 29.3 Å². The van der Waals surface area contributed by atoms with E-state index < -0.39 is 12.0 Å². The van der Waals surface area contributed by atoms with Gasteiger partial charge < -0.3 is 15.8 Å². The molecule has 92 valence electrons. The predicted octanol–water partition coefficient (Wildman–Crippen LogP) is 1.67. The van der Waals surface area contributed by atoms with Crippen molar-refractivity contribution in [1.29, 1.82) is 5.41 Å². The lowest BCUT2D eigenvalue weighted by Crippen LogP contribution is -2.38. The molecule has 0 aliphatic rings. The van der Waals surface area contributed by atoms with Crippen LogP contribution in [0.4, 0.5) is 10.5 Å². The largest absolute Gasteiger partial charge is 0.495 e. The third-order valence-corrected chi connectivity index (χ3v) is 2.20. The summed E-state index contributed by atoms with van der Waals surface area (Å²) in [5, 5.41) is 11.8. The van der Waals surface area contributed by atoms with Crippen LogP contribution in [0.1, 0.15) is 5.56 Å². The Morgan fingerprint density at radius 2 is 2.18 bits per heavy atom. The van der Waals surface area contributed by atoms with E-state index in [4.69, 9.17) is 27.5 Å². The maximum Gasteiger partial charge on any atom is 0.326 e. The van der Waals surface area contributed by atoms with Crippen LogP contribution in [-0.2, 0) is 0 Å². The molecule has 0 aliphatic heterocycles. The van der Waals surface area contributed by atoms with Crippen LogP contribution in [0.15, 0.2) is 12.1 Å². The summed E-state index contributed by atoms with van der Waals surface area (Å²) in [6.45, 7) is 1.85. The second-order valence-corrected chi connectivity index (χ2v) is 3.72. The number of halogens is 1. The van der Waals surface area contributed by atoms with Gasteiger partial charge in [-0.15, -0.1) is 0 Å². The Kier molecular flexibility index (Phi) is 4.17. The molecule has 0 radical (unpaired) electrons. The summed E-state index contributed by atoms with van der Waals surface area (Å²) in [6, 6.07) is 2.77. The molecule has 17 heavy (non-hydrogen) atoms. The number of ether oxygens (including phenoxy) is 1. The minimum Gasteiger partial charge on any atom is -0.495 e. The van der Waals surface area contributed by atoms with E-state index in [-0.39, 0.29) is 0 Å². The van der Waals surface area contributed by atoms with E-state index in [1.807, 2.05) is 6.92 Å². The molecule has 2 amide bonds. The van der Waals surface area contributed by atoms with Gasteiger partial charge in [-0.1, -0.05) is 11.6 Å². The van der Waals surface area contributed by atoms with Crippen molar-refractivity contribution in [3.05, 3.63) is 22.7 Å². The second-order valence-electron chi connectivity index (χ2n) is 3.32. The monoisotopic (exact) mass is 256 g/mol. The second kappa shape index (κ2) is 5.40. The maximum absolute atomic E-state index is 11.4. The van der Waals surface area contributed by atoms with Crippen LogP contribution in [0, 0.1) is 12.3 Å². The van der Waals surface area contributed by atoms with Gasteiger partial charge >= 0.3 is 6.03 Å². The number of rotatable bonds is 2. The molecule has 0 fully saturated rings. The summed E-state index contributed by atoms with van der Waals surface area (Å²) >= 11 is 5.99. The fourth-order valence-electron chi connectivity index (χ4n) is 1.26. The Bertz CT molecular complexity index is 462. The van der Waals surface area contributed by atoms with Crippen molar-refractivity contribution in [2.45, 2.75) is 6.92 Å². The molecule has 0 heterocycles. The third kappa shape index (κ3) is 3.53. The number of anilines is 1. The van der Waals surface area contributed by atoms with Crippen molar-refractivity contribution in [3.8, 4) is 5.75 Å². The van der Waals surface area contributed by atoms with Gasteiger partial charge in [-0.2, -0.15) is 0 Å². The highest BCUT2D eigenvalue weighted by Gasteiger charge is 2.12. The Labute approximate surface area is 104 Å². The fraction of sp³-hybridized carbons (Fsp3) is 0.200.